The Labute approximate surface area is 146 Å². The minimum atomic E-state index is -0.582. The van der Waals surface area contributed by atoms with Crippen molar-refractivity contribution in [1.82, 2.24) is 5.43 Å². The highest BCUT2D eigenvalue weighted by Gasteiger charge is 2.05. The maximum atomic E-state index is 12.0. The van der Waals surface area contributed by atoms with Crippen LogP contribution in [0.25, 0.3) is 0 Å². The van der Waals surface area contributed by atoms with Crippen molar-refractivity contribution in [3.8, 4) is 11.5 Å². The molecule has 0 saturated heterocycles. The van der Waals surface area contributed by atoms with Crippen molar-refractivity contribution in [1.29, 1.82) is 0 Å². The summed E-state index contributed by atoms with van der Waals surface area (Å²) in [6.45, 7) is -0.230. The lowest BCUT2D eigenvalue weighted by molar-refractivity contribution is -0.119. The number of aromatic hydroxyl groups is 1. The van der Waals surface area contributed by atoms with Gasteiger partial charge in [0, 0.05) is 15.6 Å². The molecule has 2 amide bonds. The molecular formula is C16H14BrN3O4. The lowest BCUT2D eigenvalue weighted by Crippen LogP contribution is -2.20. The van der Waals surface area contributed by atoms with Gasteiger partial charge in [0.1, 0.15) is 11.5 Å². The predicted molar refractivity (Wildman–Crippen MR) is 92.0 cm³/mol. The van der Waals surface area contributed by atoms with Crippen LogP contribution in [0.4, 0.5) is 0 Å². The number of phenolic OH excluding ortho intramolecular Hbond substituents is 1. The summed E-state index contributed by atoms with van der Waals surface area (Å²) >= 11 is 3.28. The van der Waals surface area contributed by atoms with Crippen molar-refractivity contribution < 1.29 is 19.4 Å². The zero-order chi connectivity index (χ0) is 17.5. The molecule has 2 rings (SSSR count). The maximum absolute atomic E-state index is 12.0. The number of primary amides is 1. The van der Waals surface area contributed by atoms with Gasteiger partial charge in [0.15, 0.2) is 6.61 Å². The Morgan fingerprint density at radius 1 is 1.25 bits per heavy atom. The first-order valence-electron chi connectivity index (χ1n) is 6.79. The van der Waals surface area contributed by atoms with Crippen molar-refractivity contribution in [3.05, 3.63) is 58.1 Å². The van der Waals surface area contributed by atoms with Crippen LogP contribution in [-0.4, -0.2) is 29.7 Å². The molecule has 8 heteroatoms. The molecule has 0 heterocycles. The number of halogens is 1. The molecular weight excluding hydrogens is 378 g/mol. The zero-order valence-corrected chi connectivity index (χ0v) is 14.0. The average molecular weight is 392 g/mol. The molecule has 4 N–H and O–H groups in total. The normalized spacial score (nSPS) is 10.5. The van der Waals surface area contributed by atoms with E-state index in [1.54, 1.807) is 24.3 Å². The molecule has 0 aliphatic heterocycles. The van der Waals surface area contributed by atoms with Gasteiger partial charge in [-0.15, -0.1) is 0 Å². The number of carbonyl (C=O) groups is 2. The average Bonchev–Trinajstić information content (AvgIpc) is 2.56. The molecule has 0 atom stereocenters. The van der Waals surface area contributed by atoms with Gasteiger partial charge in [-0.25, -0.2) is 5.43 Å². The van der Waals surface area contributed by atoms with Gasteiger partial charge in [0.2, 0.25) is 0 Å². The third-order valence-corrected chi connectivity index (χ3v) is 3.35. The van der Waals surface area contributed by atoms with Gasteiger partial charge >= 0.3 is 0 Å². The third-order valence-electron chi connectivity index (χ3n) is 2.86. The van der Waals surface area contributed by atoms with Crippen LogP contribution in [0.3, 0.4) is 0 Å². The van der Waals surface area contributed by atoms with Crippen molar-refractivity contribution >= 4 is 34.0 Å². The molecule has 124 valence electrons. The van der Waals surface area contributed by atoms with Crippen LogP contribution in [-0.2, 0) is 4.79 Å². The number of ether oxygens (including phenoxy) is 1. The highest BCUT2D eigenvalue weighted by Crippen LogP contribution is 2.20. The standard InChI is InChI=1S/C16H14BrN3O4/c17-12-3-6-14(21)11(7-12)8-19-20-16(23)10-1-4-13(5-2-10)24-9-15(18)22/h1-8,21H,9H2,(H2,18,22)(H,20,23). The summed E-state index contributed by atoms with van der Waals surface area (Å²) in [5.41, 5.74) is 8.15. The van der Waals surface area contributed by atoms with Gasteiger partial charge in [-0.1, -0.05) is 15.9 Å². The molecule has 0 aliphatic carbocycles. The summed E-state index contributed by atoms with van der Waals surface area (Å²) in [6.07, 6.45) is 1.34. The number of hydrogen-bond acceptors (Lipinski definition) is 5. The number of phenols is 1. The van der Waals surface area contributed by atoms with Crippen LogP contribution in [0.5, 0.6) is 11.5 Å². The first kappa shape index (κ1) is 17.5. The van der Waals surface area contributed by atoms with E-state index >= 15 is 0 Å². The molecule has 0 saturated carbocycles. The van der Waals surface area contributed by atoms with E-state index in [0.717, 1.165) is 4.47 Å². The molecule has 0 radical (unpaired) electrons. The minimum absolute atomic E-state index is 0.0483. The summed E-state index contributed by atoms with van der Waals surface area (Å²) in [4.78, 5) is 22.6. The fourth-order valence-electron chi connectivity index (χ4n) is 1.71. The summed E-state index contributed by atoms with van der Waals surface area (Å²) < 4.78 is 5.87. The quantitative estimate of drug-likeness (QED) is 0.514. The number of hydrazone groups is 1. The second-order valence-electron chi connectivity index (χ2n) is 4.68. The number of benzene rings is 2. The van der Waals surface area contributed by atoms with E-state index in [2.05, 4.69) is 26.5 Å². The number of carbonyl (C=O) groups excluding carboxylic acids is 2. The van der Waals surface area contributed by atoms with E-state index in [9.17, 15) is 14.7 Å². The summed E-state index contributed by atoms with van der Waals surface area (Å²) in [5.74, 6) is -0.538. The van der Waals surface area contributed by atoms with Crippen LogP contribution in [0.2, 0.25) is 0 Å². The van der Waals surface area contributed by atoms with Crippen LogP contribution in [0.15, 0.2) is 52.0 Å². The smallest absolute Gasteiger partial charge is 0.271 e. The third kappa shape index (κ3) is 5.10. The first-order valence-corrected chi connectivity index (χ1v) is 7.58. The Kier molecular flexibility index (Phi) is 5.91. The molecule has 0 aliphatic rings. The lowest BCUT2D eigenvalue weighted by Gasteiger charge is -2.05. The van der Waals surface area contributed by atoms with E-state index in [1.807, 2.05) is 0 Å². The van der Waals surface area contributed by atoms with Gasteiger partial charge < -0.3 is 15.6 Å². The molecule has 0 unspecified atom stereocenters. The molecule has 24 heavy (non-hydrogen) atoms. The van der Waals surface area contributed by atoms with E-state index in [0.29, 0.717) is 16.9 Å². The molecule has 2 aromatic carbocycles. The Morgan fingerprint density at radius 3 is 2.62 bits per heavy atom. The van der Waals surface area contributed by atoms with E-state index in [4.69, 9.17) is 10.5 Å². The Balaban J connectivity index is 1.95. The SMILES string of the molecule is NC(=O)COc1ccc(C(=O)NN=Cc2cc(Br)ccc2O)cc1. The highest BCUT2D eigenvalue weighted by molar-refractivity contribution is 9.10. The summed E-state index contributed by atoms with van der Waals surface area (Å²) in [5, 5.41) is 13.5. The number of rotatable bonds is 6. The topological polar surface area (TPSA) is 114 Å². The Hall–Kier alpha value is -2.87. The van der Waals surface area contributed by atoms with Gasteiger partial charge in [-0.2, -0.15) is 5.10 Å². The van der Waals surface area contributed by atoms with Gasteiger partial charge in [-0.05, 0) is 42.5 Å². The molecule has 7 nitrogen and oxygen atoms in total. The van der Waals surface area contributed by atoms with Crippen molar-refractivity contribution in [2.75, 3.05) is 6.61 Å². The van der Waals surface area contributed by atoms with E-state index < -0.39 is 11.8 Å². The summed E-state index contributed by atoms with van der Waals surface area (Å²) in [6, 6.07) is 11.0. The number of amides is 2. The van der Waals surface area contributed by atoms with Gasteiger partial charge in [0.25, 0.3) is 11.8 Å². The van der Waals surface area contributed by atoms with Gasteiger partial charge in [-0.3, -0.25) is 9.59 Å². The monoisotopic (exact) mass is 391 g/mol. The largest absolute Gasteiger partial charge is 0.507 e. The van der Waals surface area contributed by atoms with Crippen LogP contribution >= 0.6 is 15.9 Å². The number of nitrogens with zero attached hydrogens (tertiary/aromatic N) is 1. The lowest BCUT2D eigenvalue weighted by atomic mass is 10.2. The van der Waals surface area contributed by atoms with Crippen molar-refractivity contribution in [3.63, 3.8) is 0 Å². The van der Waals surface area contributed by atoms with Crippen LogP contribution < -0.4 is 15.9 Å². The second-order valence-corrected chi connectivity index (χ2v) is 5.60. The fourth-order valence-corrected chi connectivity index (χ4v) is 2.09. The molecule has 2 aromatic rings. The maximum Gasteiger partial charge on any atom is 0.271 e. The first-order chi connectivity index (χ1) is 11.5. The number of nitrogens with two attached hydrogens (primary N) is 1. The van der Waals surface area contributed by atoms with Crippen LogP contribution in [0.1, 0.15) is 15.9 Å². The zero-order valence-electron chi connectivity index (χ0n) is 12.4. The van der Waals surface area contributed by atoms with Crippen molar-refractivity contribution in [2.24, 2.45) is 10.8 Å². The van der Waals surface area contributed by atoms with Crippen molar-refractivity contribution in [2.45, 2.75) is 0 Å². The molecule has 0 bridgehead atoms. The number of nitrogens with one attached hydrogen (secondary N) is 1. The molecule has 0 aromatic heterocycles. The Morgan fingerprint density at radius 2 is 1.96 bits per heavy atom. The minimum Gasteiger partial charge on any atom is -0.507 e. The van der Waals surface area contributed by atoms with Crippen LogP contribution in [0, 0.1) is 0 Å². The van der Waals surface area contributed by atoms with Gasteiger partial charge in [0.05, 0.1) is 6.21 Å². The summed E-state index contributed by atoms with van der Waals surface area (Å²) in [7, 11) is 0. The number of hydrogen-bond donors (Lipinski definition) is 3. The van der Waals surface area contributed by atoms with E-state index in [-0.39, 0.29) is 12.4 Å². The Bertz CT molecular complexity index is 775. The van der Waals surface area contributed by atoms with E-state index in [1.165, 1.54) is 24.4 Å². The molecule has 0 spiro atoms. The second kappa shape index (κ2) is 8.11. The molecule has 0 fully saturated rings. The highest BCUT2D eigenvalue weighted by atomic mass is 79.9. The predicted octanol–water partition coefficient (Wildman–Crippen LogP) is 1.78. The fraction of sp³-hybridized carbons (Fsp3) is 0.0625.